The van der Waals surface area contributed by atoms with Crippen molar-refractivity contribution in [2.75, 3.05) is 19.6 Å². The Morgan fingerprint density at radius 2 is 2.00 bits per heavy atom. The summed E-state index contributed by atoms with van der Waals surface area (Å²) in [5.41, 5.74) is 7.88. The third kappa shape index (κ3) is 4.05. The summed E-state index contributed by atoms with van der Waals surface area (Å²) in [7, 11) is 0. The fourth-order valence-corrected chi connectivity index (χ4v) is 3.57. The Morgan fingerprint density at radius 1 is 1.26 bits per heavy atom. The van der Waals surface area contributed by atoms with Crippen molar-refractivity contribution in [2.45, 2.75) is 39.7 Å². The molecule has 0 aliphatic carbocycles. The number of rotatable bonds is 5. The normalized spacial score (nSPS) is 24.8. The van der Waals surface area contributed by atoms with Gasteiger partial charge < -0.3 is 5.73 Å². The maximum atomic E-state index is 6.12. The molecule has 19 heavy (non-hydrogen) atoms. The molecule has 2 rings (SSSR count). The lowest BCUT2D eigenvalue weighted by Gasteiger charge is -2.43. The number of nitrogens with zero attached hydrogens (tertiary/aromatic N) is 1. The molecule has 0 bridgehead atoms. The smallest absolute Gasteiger partial charge is 0.0233 e. The van der Waals surface area contributed by atoms with E-state index in [0.717, 1.165) is 25.6 Å². The van der Waals surface area contributed by atoms with E-state index in [1.807, 2.05) is 0 Å². The van der Waals surface area contributed by atoms with Crippen LogP contribution in [0, 0.1) is 11.3 Å². The molecular formula is C17H28N2. The SMILES string of the molecule is CC(C)CC1(CN)CCCN(Cc2ccccc2)C1. The van der Waals surface area contributed by atoms with Crippen molar-refractivity contribution in [3.63, 3.8) is 0 Å². The van der Waals surface area contributed by atoms with E-state index in [9.17, 15) is 0 Å². The zero-order valence-electron chi connectivity index (χ0n) is 12.4. The van der Waals surface area contributed by atoms with Gasteiger partial charge in [-0.2, -0.15) is 0 Å². The second-order valence-electron chi connectivity index (χ2n) is 6.60. The molecule has 1 aromatic carbocycles. The molecular weight excluding hydrogens is 232 g/mol. The minimum absolute atomic E-state index is 0.348. The van der Waals surface area contributed by atoms with Gasteiger partial charge in [-0.1, -0.05) is 44.2 Å². The molecule has 1 saturated heterocycles. The van der Waals surface area contributed by atoms with Crippen molar-refractivity contribution in [3.05, 3.63) is 35.9 Å². The average molecular weight is 260 g/mol. The molecule has 0 radical (unpaired) electrons. The van der Waals surface area contributed by atoms with E-state index in [1.165, 1.54) is 31.4 Å². The lowest BCUT2D eigenvalue weighted by Crippen LogP contribution is -2.47. The average Bonchev–Trinajstić information content (AvgIpc) is 2.39. The maximum absolute atomic E-state index is 6.12. The summed E-state index contributed by atoms with van der Waals surface area (Å²) in [6.07, 6.45) is 3.85. The molecule has 1 unspecified atom stereocenters. The van der Waals surface area contributed by atoms with E-state index < -0.39 is 0 Å². The third-order valence-corrected chi connectivity index (χ3v) is 4.26. The van der Waals surface area contributed by atoms with Crippen LogP contribution in [-0.4, -0.2) is 24.5 Å². The van der Waals surface area contributed by atoms with Gasteiger partial charge in [0.1, 0.15) is 0 Å². The van der Waals surface area contributed by atoms with Gasteiger partial charge in [0.05, 0.1) is 0 Å². The van der Waals surface area contributed by atoms with Gasteiger partial charge in [0.2, 0.25) is 0 Å². The standard InChI is InChI=1S/C17H28N2/c1-15(2)11-17(13-18)9-6-10-19(14-17)12-16-7-4-3-5-8-16/h3-5,7-8,15H,6,9-14,18H2,1-2H3. The molecule has 1 atom stereocenters. The van der Waals surface area contributed by atoms with Crippen molar-refractivity contribution in [2.24, 2.45) is 17.1 Å². The molecule has 2 N–H and O–H groups in total. The Labute approximate surface area is 118 Å². The summed E-state index contributed by atoms with van der Waals surface area (Å²) in [6, 6.07) is 10.8. The topological polar surface area (TPSA) is 29.3 Å². The third-order valence-electron chi connectivity index (χ3n) is 4.26. The van der Waals surface area contributed by atoms with Crippen LogP contribution in [-0.2, 0) is 6.54 Å². The molecule has 0 spiro atoms. The highest BCUT2D eigenvalue weighted by Crippen LogP contribution is 2.35. The molecule has 0 amide bonds. The van der Waals surface area contributed by atoms with E-state index >= 15 is 0 Å². The number of hydrogen-bond donors (Lipinski definition) is 1. The Morgan fingerprint density at radius 3 is 2.63 bits per heavy atom. The highest BCUT2D eigenvalue weighted by atomic mass is 15.1. The Hall–Kier alpha value is -0.860. The largest absolute Gasteiger partial charge is 0.330 e. The highest BCUT2D eigenvalue weighted by Gasteiger charge is 2.34. The van der Waals surface area contributed by atoms with Gasteiger partial charge in [-0.3, -0.25) is 4.90 Å². The molecule has 1 aromatic rings. The van der Waals surface area contributed by atoms with E-state index in [4.69, 9.17) is 5.73 Å². The summed E-state index contributed by atoms with van der Waals surface area (Å²) in [5, 5.41) is 0. The first-order valence-electron chi connectivity index (χ1n) is 7.60. The number of benzene rings is 1. The van der Waals surface area contributed by atoms with Crippen LogP contribution in [0.1, 0.15) is 38.7 Å². The molecule has 2 heteroatoms. The second kappa shape index (κ2) is 6.53. The van der Waals surface area contributed by atoms with Crippen molar-refractivity contribution in [3.8, 4) is 0 Å². The molecule has 0 aromatic heterocycles. The predicted molar refractivity (Wildman–Crippen MR) is 81.9 cm³/mol. The van der Waals surface area contributed by atoms with E-state index in [-0.39, 0.29) is 0 Å². The summed E-state index contributed by atoms with van der Waals surface area (Å²) >= 11 is 0. The monoisotopic (exact) mass is 260 g/mol. The lowest BCUT2D eigenvalue weighted by atomic mass is 9.74. The molecule has 1 aliphatic heterocycles. The first-order chi connectivity index (χ1) is 9.13. The van der Waals surface area contributed by atoms with Gasteiger partial charge in [0.25, 0.3) is 0 Å². The van der Waals surface area contributed by atoms with Crippen LogP contribution in [0.2, 0.25) is 0 Å². The quantitative estimate of drug-likeness (QED) is 0.880. The van der Waals surface area contributed by atoms with Crippen LogP contribution >= 0.6 is 0 Å². The van der Waals surface area contributed by atoms with Gasteiger partial charge in [-0.25, -0.2) is 0 Å². The van der Waals surface area contributed by atoms with Crippen LogP contribution < -0.4 is 5.73 Å². The molecule has 1 aliphatic rings. The Balaban J connectivity index is 1.99. The minimum atomic E-state index is 0.348. The Bertz CT molecular complexity index is 374. The van der Waals surface area contributed by atoms with Gasteiger partial charge in [-0.05, 0) is 49.2 Å². The van der Waals surface area contributed by atoms with Crippen molar-refractivity contribution in [1.82, 2.24) is 4.90 Å². The first kappa shape index (κ1) is 14.5. The van der Waals surface area contributed by atoms with Gasteiger partial charge in [-0.15, -0.1) is 0 Å². The zero-order chi connectivity index (χ0) is 13.7. The second-order valence-corrected chi connectivity index (χ2v) is 6.60. The van der Waals surface area contributed by atoms with Gasteiger partial charge >= 0.3 is 0 Å². The van der Waals surface area contributed by atoms with Crippen LogP contribution in [0.3, 0.4) is 0 Å². The molecule has 2 nitrogen and oxygen atoms in total. The van der Waals surface area contributed by atoms with E-state index in [1.54, 1.807) is 0 Å². The fourth-order valence-electron chi connectivity index (χ4n) is 3.57. The highest BCUT2D eigenvalue weighted by molar-refractivity contribution is 5.14. The molecule has 1 heterocycles. The van der Waals surface area contributed by atoms with E-state index in [0.29, 0.717) is 5.41 Å². The van der Waals surface area contributed by atoms with Crippen LogP contribution in [0.5, 0.6) is 0 Å². The summed E-state index contributed by atoms with van der Waals surface area (Å²) in [5.74, 6) is 0.736. The van der Waals surface area contributed by atoms with Gasteiger partial charge in [0.15, 0.2) is 0 Å². The zero-order valence-corrected chi connectivity index (χ0v) is 12.4. The number of nitrogens with two attached hydrogens (primary N) is 1. The van der Waals surface area contributed by atoms with Crippen molar-refractivity contribution in [1.29, 1.82) is 0 Å². The van der Waals surface area contributed by atoms with Crippen LogP contribution in [0.25, 0.3) is 0 Å². The lowest BCUT2D eigenvalue weighted by molar-refractivity contribution is 0.0704. The summed E-state index contributed by atoms with van der Waals surface area (Å²) in [6.45, 7) is 8.91. The Kier molecular flexibility index (Phi) is 5.00. The first-order valence-corrected chi connectivity index (χ1v) is 7.60. The number of piperidine rings is 1. The predicted octanol–water partition coefficient (Wildman–Crippen LogP) is 3.27. The number of likely N-dealkylation sites (tertiary alicyclic amines) is 1. The minimum Gasteiger partial charge on any atom is -0.330 e. The molecule has 1 fully saturated rings. The number of hydrogen-bond acceptors (Lipinski definition) is 2. The molecule has 106 valence electrons. The molecule has 0 saturated carbocycles. The maximum Gasteiger partial charge on any atom is 0.0233 e. The summed E-state index contributed by atoms with van der Waals surface area (Å²) in [4.78, 5) is 2.59. The summed E-state index contributed by atoms with van der Waals surface area (Å²) < 4.78 is 0. The van der Waals surface area contributed by atoms with Crippen LogP contribution in [0.15, 0.2) is 30.3 Å². The fraction of sp³-hybridized carbons (Fsp3) is 0.647. The van der Waals surface area contributed by atoms with Crippen molar-refractivity contribution >= 4 is 0 Å². The van der Waals surface area contributed by atoms with Crippen molar-refractivity contribution < 1.29 is 0 Å². The van der Waals surface area contributed by atoms with Crippen LogP contribution in [0.4, 0.5) is 0 Å². The van der Waals surface area contributed by atoms with Gasteiger partial charge in [0, 0.05) is 13.1 Å². The van der Waals surface area contributed by atoms with E-state index in [2.05, 4.69) is 49.1 Å².